The average molecular weight is 210 g/mol. The molecule has 2 aromatic rings. The van der Waals surface area contributed by atoms with Gasteiger partial charge >= 0.3 is 0 Å². The maximum Gasteiger partial charge on any atom is 0.125 e. The highest BCUT2D eigenvalue weighted by atomic mass is 14.9. The van der Waals surface area contributed by atoms with Crippen LogP contribution in [0.2, 0.25) is 0 Å². The third-order valence-corrected chi connectivity index (χ3v) is 3.36. The third-order valence-electron chi connectivity index (χ3n) is 3.36. The highest BCUT2D eigenvalue weighted by Gasteiger charge is 2.20. The van der Waals surface area contributed by atoms with Crippen LogP contribution in [0.4, 0.5) is 0 Å². The van der Waals surface area contributed by atoms with Crippen LogP contribution in [0, 0.1) is 20.8 Å². The van der Waals surface area contributed by atoms with Gasteiger partial charge in [-0.2, -0.15) is 0 Å². The summed E-state index contributed by atoms with van der Waals surface area (Å²) in [7, 11) is 0. The second kappa shape index (κ2) is 3.14. The molecule has 2 nitrogen and oxygen atoms in total. The van der Waals surface area contributed by atoms with Gasteiger partial charge in [-0.3, -0.25) is 0 Å². The van der Waals surface area contributed by atoms with E-state index in [2.05, 4.69) is 35.9 Å². The standard InChI is InChI=1S/C14H14N2/c1-8-4-11-6-14-13(7-15-10(3)16-14)12(11)5-9(8)2/h4-5,7H,6H2,1-3H3. The zero-order valence-electron chi connectivity index (χ0n) is 9.83. The minimum Gasteiger partial charge on any atom is -0.241 e. The molecule has 1 aromatic heterocycles. The van der Waals surface area contributed by atoms with E-state index in [1.807, 2.05) is 13.1 Å². The van der Waals surface area contributed by atoms with Gasteiger partial charge in [-0.15, -0.1) is 0 Å². The van der Waals surface area contributed by atoms with E-state index < -0.39 is 0 Å². The van der Waals surface area contributed by atoms with Crippen LogP contribution in [0.25, 0.3) is 11.1 Å². The Balaban J connectivity index is 2.25. The van der Waals surface area contributed by atoms with Crippen molar-refractivity contribution in [3.05, 3.63) is 46.5 Å². The smallest absolute Gasteiger partial charge is 0.125 e. The summed E-state index contributed by atoms with van der Waals surface area (Å²) in [4.78, 5) is 8.81. The molecule has 1 aliphatic rings. The molecule has 0 atom stereocenters. The molecular formula is C14H14N2. The van der Waals surface area contributed by atoms with Crippen LogP contribution in [-0.4, -0.2) is 9.97 Å². The van der Waals surface area contributed by atoms with E-state index in [4.69, 9.17) is 0 Å². The molecule has 0 saturated heterocycles. The maximum atomic E-state index is 4.52. The number of hydrogen-bond donors (Lipinski definition) is 0. The Morgan fingerprint density at radius 1 is 1.00 bits per heavy atom. The number of benzene rings is 1. The molecule has 16 heavy (non-hydrogen) atoms. The predicted octanol–water partition coefficient (Wildman–Crippen LogP) is 2.97. The number of rotatable bonds is 0. The van der Waals surface area contributed by atoms with Gasteiger partial charge in [-0.25, -0.2) is 9.97 Å². The summed E-state index contributed by atoms with van der Waals surface area (Å²) in [5.74, 6) is 0.861. The molecule has 0 spiro atoms. The van der Waals surface area contributed by atoms with Crippen molar-refractivity contribution in [2.75, 3.05) is 0 Å². The first-order chi connectivity index (χ1) is 7.65. The Kier molecular flexibility index (Phi) is 1.87. The Morgan fingerprint density at radius 3 is 2.56 bits per heavy atom. The first-order valence-corrected chi connectivity index (χ1v) is 5.58. The van der Waals surface area contributed by atoms with Gasteiger partial charge in [0.2, 0.25) is 0 Å². The minimum atomic E-state index is 0.861. The van der Waals surface area contributed by atoms with Crippen molar-refractivity contribution in [1.29, 1.82) is 0 Å². The van der Waals surface area contributed by atoms with Crippen molar-refractivity contribution in [1.82, 2.24) is 9.97 Å². The van der Waals surface area contributed by atoms with Crippen molar-refractivity contribution in [3.8, 4) is 11.1 Å². The predicted molar refractivity (Wildman–Crippen MR) is 64.5 cm³/mol. The van der Waals surface area contributed by atoms with Gasteiger partial charge in [-0.1, -0.05) is 12.1 Å². The topological polar surface area (TPSA) is 25.8 Å². The fourth-order valence-corrected chi connectivity index (χ4v) is 2.33. The number of aryl methyl sites for hydroxylation is 3. The van der Waals surface area contributed by atoms with Crippen molar-refractivity contribution < 1.29 is 0 Å². The quantitative estimate of drug-likeness (QED) is 0.570. The summed E-state index contributed by atoms with van der Waals surface area (Å²) in [5, 5.41) is 0. The Morgan fingerprint density at radius 2 is 1.75 bits per heavy atom. The molecule has 0 amide bonds. The van der Waals surface area contributed by atoms with Crippen LogP contribution in [0.3, 0.4) is 0 Å². The molecule has 0 radical (unpaired) electrons. The highest BCUT2D eigenvalue weighted by molar-refractivity contribution is 5.75. The van der Waals surface area contributed by atoms with Crippen LogP contribution in [0.1, 0.15) is 28.2 Å². The van der Waals surface area contributed by atoms with Gasteiger partial charge in [0, 0.05) is 18.2 Å². The van der Waals surface area contributed by atoms with Gasteiger partial charge in [-0.05, 0) is 43.0 Å². The van der Waals surface area contributed by atoms with Crippen LogP contribution in [-0.2, 0) is 6.42 Å². The Labute approximate surface area is 95.4 Å². The van der Waals surface area contributed by atoms with E-state index in [0.29, 0.717) is 0 Å². The fraction of sp³-hybridized carbons (Fsp3) is 0.286. The molecular weight excluding hydrogens is 196 g/mol. The van der Waals surface area contributed by atoms with Crippen LogP contribution < -0.4 is 0 Å². The lowest BCUT2D eigenvalue weighted by atomic mass is 10.0. The van der Waals surface area contributed by atoms with Crippen LogP contribution in [0.15, 0.2) is 18.3 Å². The van der Waals surface area contributed by atoms with E-state index in [9.17, 15) is 0 Å². The summed E-state index contributed by atoms with van der Waals surface area (Å²) >= 11 is 0. The summed E-state index contributed by atoms with van der Waals surface area (Å²) in [6, 6.07) is 4.54. The Hall–Kier alpha value is -1.70. The second-order valence-electron chi connectivity index (χ2n) is 4.55. The molecule has 0 bridgehead atoms. The molecule has 0 unspecified atom stereocenters. The van der Waals surface area contributed by atoms with Gasteiger partial charge in [0.05, 0.1) is 5.69 Å². The van der Waals surface area contributed by atoms with E-state index in [0.717, 1.165) is 12.2 Å². The zero-order valence-corrected chi connectivity index (χ0v) is 9.83. The molecule has 0 saturated carbocycles. The van der Waals surface area contributed by atoms with Crippen molar-refractivity contribution in [3.63, 3.8) is 0 Å². The van der Waals surface area contributed by atoms with Crippen LogP contribution in [0.5, 0.6) is 0 Å². The SMILES string of the molecule is Cc1ncc2c(n1)Cc1cc(C)c(C)cc1-2. The highest BCUT2D eigenvalue weighted by Crippen LogP contribution is 2.36. The molecule has 80 valence electrons. The first-order valence-electron chi connectivity index (χ1n) is 5.58. The molecule has 0 N–H and O–H groups in total. The number of aromatic nitrogens is 2. The second-order valence-corrected chi connectivity index (χ2v) is 4.55. The average Bonchev–Trinajstić information content (AvgIpc) is 2.55. The monoisotopic (exact) mass is 210 g/mol. The Bertz CT molecular complexity index is 586. The molecule has 1 aliphatic carbocycles. The molecule has 1 aromatic carbocycles. The van der Waals surface area contributed by atoms with Crippen LogP contribution >= 0.6 is 0 Å². The number of nitrogens with zero attached hydrogens (tertiary/aromatic N) is 2. The lowest BCUT2D eigenvalue weighted by molar-refractivity contribution is 0.994. The molecule has 0 fully saturated rings. The van der Waals surface area contributed by atoms with Gasteiger partial charge in [0.15, 0.2) is 0 Å². The summed E-state index contributed by atoms with van der Waals surface area (Å²) in [6.45, 7) is 6.26. The lowest BCUT2D eigenvalue weighted by Crippen LogP contribution is -1.92. The number of fused-ring (bicyclic) bond motifs is 3. The molecule has 3 rings (SSSR count). The summed E-state index contributed by atoms with van der Waals surface area (Å²) in [6.07, 6.45) is 2.91. The fourth-order valence-electron chi connectivity index (χ4n) is 2.33. The molecule has 2 heteroatoms. The van der Waals surface area contributed by atoms with Gasteiger partial charge < -0.3 is 0 Å². The normalized spacial score (nSPS) is 12.4. The van der Waals surface area contributed by atoms with Crippen molar-refractivity contribution in [2.45, 2.75) is 27.2 Å². The zero-order chi connectivity index (χ0) is 11.3. The first kappa shape index (κ1) is 9.52. The summed E-state index contributed by atoms with van der Waals surface area (Å²) < 4.78 is 0. The molecule has 0 aliphatic heterocycles. The maximum absolute atomic E-state index is 4.52. The van der Waals surface area contributed by atoms with E-state index in [1.54, 1.807) is 0 Å². The summed E-state index contributed by atoms with van der Waals surface area (Å²) in [5.41, 5.74) is 7.79. The largest absolute Gasteiger partial charge is 0.241 e. The van der Waals surface area contributed by atoms with Crippen molar-refractivity contribution >= 4 is 0 Å². The third kappa shape index (κ3) is 1.26. The molecule has 1 heterocycles. The van der Waals surface area contributed by atoms with E-state index >= 15 is 0 Å². The van der Waals surface area contributed by atoms with Gasteiger partial charge in [0.25, 0.3) is 0 Å². The van der Waals surface area contributed by atoms with Crippen molar-refractivity contribution in [2.24, 2.45) is 0 Å². The van der Waals surface area contributed by atoms with E-state index in [-0.39, 0.29) is 0 Å². The lowest BCUT2D eigenvalue weighted by Gasteiger charge is -2.05. The minimum absolute atomic E-state index is 0.861. The van der Waals surface area contributed by atoms with E-state index in [1.165, 1.54) is 33.5 Å². The number of hydrogen-bond acceptors (Lipinski definition) is 2. The van der Waals surface area contributed by atoms with Gasteiger partial charge in [0.1, 0.15) is 5.82 Å².